The molecule has 176 valence electrons. The molecule has 0 aliphatic carbocycles. The summed E-state index contributed by atoms with van der Waals surface area (Å²) in [5.41, 5.74) is 3.02. The fraction of sp³-hybridized carbons (Fsp3) is 0.0357. The Morgan fingerprint density at radius 3 is 2.64 bits per heavy atom. The number of hydrogen-bond donors (Lipinski definition) is 0. The van der Waals surface area contributed by atoms with Crippen LogP contribution in [0.5, 0.6) is 0 Å². The van der Waals surface area contributed by atoms with Crippen molar-refractivity contribution in [3.8, 4) is 22.9 Å². The summed E-state index contributed by atoms with van der Waals surface area (Å²) in [4.78, 5) is 18.2. The number of aryl methyl sites for hydroxylation is 1. The molecule has 0 fully saturated rings. The Labute approximate surface area is 222 Å². The average molecular weight is 603 g/mol. The van der Waals surface area contributed by atoms with Gasteiger partial charge in [-0.05, 0) is 73.2 Å². The monoisotopic (exact) mass is 601 g/mol. The number of halogens is 2. The Hall–Kier alpha value is -3.75. The molecule has 3 aromatic heterocycles. The van der Waals surface area contributed by atoms with Crippen LogP contribution in [0.1, 0.15) is 11.3 Å². The summed E-state index contributed by atoms with van der Waals surface area (Å²) in [5.74, 6) is 1.93. The summed E-state index contributed by atoms with van der Waals surface area (Å²) in [6.07, 6.45) is 1.51. The number of hydrogen-bond acceptors (Lipinski definition) is 5. The summed E-state index contributed by atoms with van der Waals surface area (Å²) in [6, 6.07) is 24.5. The molecule has 8 heteroatoms. The highest BCUT2D eigenvalue weighted by Crippen LogP contribution is 2.31. The first-order valence-electron chi connectivity index (χ1n) is 11.1. The van der Waals surface area contributed by atoms with Crippen molar-refractivity contribution in [2.24, 2.45) is 5.10 Å². The highest BCUT2D eigenvalue weighted by molar-refractivity contribution is 9.10. The third-order valence-electron chi connectivity index (χ3n) is 5.77. The highest BCUT2D eigenvalue weighted by atomic mass is 79.9. The van der Waals surface area contributed by atoms with Gasteiger partial charge in [0.25, 0.3) is 5.56 Å². The normalized spacial score (nSPS) is 11.8. The molecule has 6 aromatic rings. The lowest BCUT2D eigenvalue weighted by atomic mass is 10.1. The van der Waals surface area contributed by atoms with Crippen molar-refractivity contribution in [3.63, 3.8) is 0 Å². The third-order valence-corrected chi connectivity index (χ3v) is 6.92. The second kappa shape index (κ2) is 9.04. The maximum atomic E-state index is 13.4. The van der Waals surface area contributed by atoms with Crippen molar-refractivity contribution in [1.82, 2.24) is 9.66 Å². The van der Waals surface area contributed by atoms with Gasteiger partial charge >= 0.3 is 0 Å². The summed E-state index contributed by atoms with van der Waals surface area (Å²) >= 11 is 7.08. The molecule has 0 saturated carbocycles. The maximum absolute atomic E-state index is 13.4. The molecule has 0 bridgehead atoms. The largest absolute Gasteiger partial charge is 0.455 e. The van der Waals surface area contributed by atoms with Crippen LogP contribution in [0.25, 0.3) is 44.8 Å². The Morgan fingerprint density at radius 1 is 0.917 bits per heavy atom. The summed E-state index contributed by atoms with van der Waals surface area (Å²) in [7, 11) is 0. The van der Waals surface area contributed by atoms with Gasteiger partial charge in [0.15, 0.2) is 5.76 Å². The molecule has 3 aromatic carbocycles. The topological polar surface area (TPSA) is 73.5 Å². The molecule has 0 spiro atoms. The molecule has 0 N–H and O–H groups in total. The fourth-order valence-corrected chi connectivity index (χ4v) is 5.08. The molecule has 0 radical (unpaired) electrons. The van der Waals surface area contributed by atoms with Crippen molar-refractivity contribution >= 4 is 59.9 Å². The van der Waals surface area contributed by atoms with Crippen LogP contribution in [0, 0.1) is 6.92 Å². The number of rotatable bonds is 4. The molecule has 6 nitrogen and oxygen atoms in total. The van der Waals surface area contributed by atoms with Gasteiger partial charge in [-0.15, -0.1) is 0 Å². The summed E-state index contributed by atoms with van der Waals surface area (Å²) < 4.78 is 15.2. The predicted octanol–water partition coefficient (Wildman–Crippen LogP) is 7.79. The molecule has 0 aliphatic rings. The average Bonchev–Trinajstić information content (AvgIpc) is 3.50. The first-order chi connectivity index (χ1) is 17.5. The van der Waals surface area contributed by atoms with Gasteiger partial charge in [0.1, 0.15) is 17.1 Å². The number of furan rings is 2. The van der Waals surface area contributed by atoms with Crippen LogP contribution in [-0.2, 0) is 0 Å². The van der Waals surface area contributed by atoms with E-state index in [0.717, 1.165) is 25.5 Å². The third kappa shape index (κ3) is 4.12. The fourth-order valence-electron chi connectivity index (χ4n) is 4.02. The van der Waals surface area contributed by atoms with Gasteiger partial charge < -0.3 is 8.83 Å². The van der Waals surface area contributed by atoms with E-state index < -0.39 is 0 Å². The van der Waals surface area contributed by atoms with Crippen LogP contribution >= 0.6 is 31.9 Å². The van der Waals surface area contributed by atoms with Gasteiger partial charge in [-0.3, -0.25) is 4.79 Å². The van der Waals surface area contributed by atoms with Crippen LogP contribution in [0.4, 0.5) is 0 Å². The SMILES string of the molecule is Cc1ccc(-c2ccc(C=Nn3c(-c4cc5cc(Br)ccc5o4)nc4ccccc4c3=O)o2)c(Br)c1. The molecule has 0 atom stereocenters. The molecular formula is C28H17Br2N3O3. The standard InChI is InChI=1S/C28H17Br2N3O3/c1-16-6-9-20(22(30)12-16)25-11-8-19(35-25)15-31-33-27(32-23-5-3-2-4-21(23)28(33)34)26-14-17-13-18(29)7-10-24(17)36-26/h2-15H,1H3. The molecular weight excluding hydrogens is 586 g/mol. The smallest absolute Gasteiger partial charge is 0.282 e. The first kappa shape index (κ1) is 22.7. The Bertz CT molecular complexity index is 1860. The van der Waals surface area contributed by atoms with E-state index in [1.165, 1.54) is 10.9 Å². The Balaban J connectivity index is 1.47. The minimum absolute atomic E-state index is 0.301. The Morgan fingerprint density at radius 2 is 1.78 bits per heavy atom. The number of para-hydroxylation sites is 1. The van der Waals surface area contributed by atoms with Gasteiger partial charge in [-0.25, -0.2) is 4.98 Å². The van der Waals surface area contributed by atoms with E-state index in [2.05, 4.69) is 37.0 Å². The van der Waals surface area contributed by atoms with Crippen molar-refractivity contribution in [3.05, 3.63) is 109 Å². The highest BCUT2D eigenvalue weighted by Gasteiger charge is 2.17. The van der Waals surface area contributed by atoms with Crippen LogP contribution in [-0.4, -0.2) is 15.9 Å². The zero-order chi connectivity index (χ0) is 24.8. The maximum Gasteiger partial charge on any atom is 0.282 e. The van der Waals surface area contributed by atoms with Crippen LogP contribution < -0.4 is 5.56 Å². The van der Waals surface area contributed by atoms with Crippen molar-refractivity contribution in [2.45, 2.75) is 6.92 Å². The zero-order valence-electron chi connectivity index (χ0n) is 18.9. The Kier molecular flexibility index (Phi) is 5.70. The van der Waals surface area contributed by atoms with Crippen LogP contribution in [0.15, 0.2) is 107 Å². The van der Waals surface area contributed by atoms with E-state index in [1.807, 2.05) is 67.6 Å². The molecule has 36 heavy (non-hydrogen) atoms. The molecule has 3 heterocycles. The first-order valence-corrected chi connectivity index (χ1v) is 12.7. The van der Waals surface area contributed by atoms with Crippen molar-refractivity contribution in [2.75, 3.05) is 0 Å². The van der Waals surface area contributed by atoms with Gasteiger partial charge in [0, 0.05) is 19.9 Å². The minimum atomic E-state index is -0.304. The quantitative estimate of drug-likeness (QED) is 0.193. The van der Waals surface area contributed by atoms with Gasteiger partial charge in [-0.2, -0.15) is 9.78 Å². The van der Waals surface area contributed by atoms with Gasteiger partial charge in [0.2, 0.25) is 5.82 Å². The second-order valence-corrected chi connectivity index (χ2v) is 10.1. The molecule has 0 unspecified atom stereocenters. The van der Waals surface area contributed by atoms with E-state index in [0.29, 0.717) is 39.6 Å². The summed E-state index contributed by atoms with van der Waals surface area (Å²) in [5, 5.41) is 5.82. The lowest BCUT2D eigenvalue weighted by Gasteiger charge is -2.06. The number of fused-ring (bicyclic) bond motifs is 2. The van der Waals surface area contributed by atoms with Gasteiger partial charge in [0.05, 0.1) is 17.1 Å². The minimum Gasteiger partial charge on any atom is -0.455 e. The van der Waals surface area contributed by atoms with Crippen molar-refractivity contribution in [1.29, 1.82) is 0 Å². The van der Waals surface area contributed by atoms with E-state index in [1.54, 1.807) is 18.2 Å². The number of benzene rings is 3. The number of nitrogens with zero attached hydrogens (tertiary/aromatic N) is 3. The molecule has 0 amide bonds. The van der Waals surface area contributed by atoms with Crippen molar-refractivity contribution < 1.29 is 8.83 Å². The lowest BCUT2D eigenvalue weighted by molar-refractivity contribution is 0.573. The predicted molar refractivity (Wildman–Crippen MR) is 148 cm³/mol. The molecule has 0 saturated heterocycles. The second-order valence-electron chi connectivity index (χ2n) is 8.29. The lowest BCUT2D eigenvalue weighted by Crippen LogP contribution is -2.20. The molecule has 6 rings (SSSR count). The zero-order valence-corrected chi connectivity index (χ0v) is 22.1. The van der Waals surface area contributed by atoms with E-state index in [4.69, 9.17) is 13.8 Å². The van der Waals surface area contributed by atoms with E-state index in [9.17, 15) is 4.79 Å². The van der Waals surface area contributed by atoms with Crippen LogP contribution in [0.2, 0.25) is 0 Å². The van der Waals surface area contributed by atoms with E-state index >= 15 is 0 Å². The number of aromatic nitrogens is 2. The van der Waals surface area contributed by atoms with Crippen LogP contribution in [0.3, 0.4) is 0 Å². The molecule has 0 aliphatic heterocycles. The van der Waals surface area contributed by atoms with Gasteiger partial charge in [-0.1, -0.05) is 50.1 Å². The van der Waals surface area contributed by atoms with E-state index in [-0.39, 0.29) is 5.56 Å². The summed E-state index contributed by atoms with van der Waals surface area (Å²) in [6.45, 7) is 2.03.